The highest BCUT2D eigenvalue weighted by atomic mass is 19.4. The molecule has 8 nitrogen and oxygen atoms in total. The van der Waals surface area contributed by atoms with Crippen LogP contribution < -0.4 is 4.74 Å². The van der Waals surface area contributed by atoms with Gasteiger partial charge in [-0.1, -0.05) is 0 Å². The van der Waals surface area contributed by atoms with E-state index in [9.17, 15) is 28.1 Å². The lowest BCUT2D eigenvalue weighted by atomic mass is 10.3. The Morgan fingerprint density at radius 3 is 1.80 bits per heavy atom. The summed E-state index contributed by atoms with van der Waals surface area (Å²) in [5.41, 5.74) is -0.113. The highest BCUT2D eigenvalue weighted by Gasteiger charge is 2.38. The average Bonchev–Trinajstić information content (AvgIpc) is 2.28. The van der Waals surface area contributed by atoms with Gasteiger partial charge in [0, 0.05) is 12.1 Å². The van der Waals surface area contributed by atoms with E-state index < -0.39 is 23.2 Å². The van der Waals surface area contributed by atoms with Crippen molar-refractivity contribution in [2.75, 3.05) is 0 Å². The summed E-state index contributed by atoms with van der Waals surface area (Å²) in [6.07, 6.45) is -6.53. The zero-order valence-corrected chi connectivity index (χ0v) is 9.33. The summed E-state index contributed by atoms with van der Waals surface area (Å²) in [6.45, 7) is 0. The monoisotopic (exact) mass is 297 g/mol. The van der Waals surface area contributed by atoms with E-state index in [1.807, 2.05) is 0 Å². The molecule has 0 saturated carbocycles. The van der Waals surface area contributed by atoms with Crippen LogP contribution in [0.1, 0.15) is 0 Å². The van der Waals surface area contributed by atoms with Crippen LogP contribution in [0.3, 0.4) is 0 Å². The number of carbonyl (C=O) groups is 2. The molecule has 2 N–H and O–H groups in total. The molecule has 1 aromatic carbocycles. The molecule has 0 bridgehead atoms. The van der Waals surface area contributed by atoms with Crippen LogP contribution in [0.25, 0.3) is 0 Å². The molecule has 0 radical (unpaired) electrons. The third kappa shape index (κ3) is 6.78. The molecule has 0 spiro atoms. The summed E-state index contributed by atoms with van der Waals surface area (Å²) < 4.78 is 36.0. The third-order valence-electron chi connectivity index (χ3n) is 1.50. The normalized spacial score (nSPS) is 9.95. The van der Waals surface area contributed by atoms with Gasteiger partial charge in [0.15, 0.2) is 0 Å². The number of nitrogens with zero attached hydrogens (tertiary/aromatic N) is 1. The first-order chi connectivity index (χ1) is 9.04. The Hall–Kier alpha value is -2.85. The number of nitro benzene ring substituents is 1. The van der Waals surface area contributed by atoms with Crippen molar-refractivity contribution >= 4 is 17.8 Å². The number of aliphatic carboxylic acids is 1. The Bertz CT molecular complexity index is 497. The summed E-state index contributed by atoms with van der Waals surface area (Å²) in [4.78, 5) is 28.5. The number of carboxylic acid groups (broad SMARTS) is 2. The van der Waals surface area contributed by atoms with Crippen LogP contribution in [-0.4, -0.2) is 33.4 Å². The van der Waals surface area contributed by atoms with E-state index in [1.54, 1.807) is 0 Å². The summed E-state index contributed by atoms with van der Waals surface area (Å²) >= 11 is 0. The molecule has 0 unspecified atom stereocenters. The average molecular weight is 297 g/mol. The molecule has 0 aromatic heterocycles. The number of hydrogen-bond donors (Lipinski definition) is 2. The molecule has 0 amide bonds. The van der Waals surface area contributed by atoms with E-state index in [4.69, 9.17) is 15.0 Å². The SMILES string of the molecule is O=C(O)C(F)(F)F.O=C(O)Oc1ccc([N+](=O)[O-])cc1. The first-order valence-corrected chi connectivity index (χ1v) is 4.49. The standard InChI is InChI=1S/C7H5NO5.C2HF3O2/c9-7(10)13-6-3-1-5(2-4-6)8(11)12;3-2(4,5)1(6)7/h1-4H,(H,9,10);(H,6,7). The fourth-order valence-electron chi connectivity index (χ4n) is 0.737. The number of rotatable bonds is 2. The van der Waals surface area contributed by atoms with E-state index in [-0.39, 0.29) is 11.4 Å². The maximum Gasteiger partial charge on any atom is 0.511 e. The minimum absolute atomic E-state index is 0.0538. The predicted molar refractivity (Wildman–Crippen MR) is 55.4 cm³/mol. The number of benzene rings is 1. The van der Waals surface area contributed by atoms with Gasteiger partial charge in [-0.25, -0.2) is 9.59 Å². The summed E-state index contributed by atoms with van der Waals surface area (Å²) in [5, 5.41) is 25.5. The topological polar surface area (TPSA) is 127 Å². The van der Waals surface area contributed by atoms with Crippen LogP contribution in [-0.2, 0) is 4.79 Å². The maximum absolute atomic E-state index is 10.6. The predicted octanol–water partition coefficient (Wildman–Crippen LogP) is 2.28. The molecular weight excluding hydrogens is 291 g/mol. The number of non-ortho nitro benzene ring substituents is 1. The Morgan fingerprint density at radius 2 is 1.55 bits per heavy atom. The molecule has 0 fully saturated rings. The van der Waals surface area contributed by atoms with Crippen molar-refractivity contribution in [3.8, 4) is 5.75 Å². The number of carboxylic acids is 1. The molecule has 0 saturated heterocycles. The van der Waals surface area contributed by atoms with Gasteiger partial charge in [-0.15, -0.1) is 0 Å². The number of alkyl halides is 3. The van der Waals surface area contributed by atoms with Crippen LogP contribution >= 0.6 is 0 Å². The van der Waals surface area contributed by atoms with E-state index in [1.165, 1.54) is 12.1 Å². The Balaban J connectivity index is 0.000000441. The van der Waals surface area contributed by atoms with Crippen LogP contribution in [0.4, 0.5) is 23.7 Å². The van der Waals surface area contributed by atoms with Crippen molar-refractivity contribution in [1.29, 1.82) is 0 Å². The molecule has 110 valence electrons. The van der Waals surface area contributed by atoms with Crippen LogP contribution in [0.5, 0.6) is 5.75 Å². The second kappa shape index (κ2) is 6.92. The smallest absolute Gasteiger partial charge is 0.475 e. The van der Waals surface area contributed by atoms with Gasteiger partial charge in [0.25, 0.3) is 5.69 Å². The highest BCUT2D eigenvalue weighted by molar-refractivity contribution is 5.73. The first-order valence-electron chi connectivity index (χ1n) is 4.49. The van der Waals surface area contributed by atoms with E-state index in [2.05, 4.69) is 4.74 Å². The summed E-state index contributed by atoms with van der Waals surface area (Å²) in [6, 6.07) is 4.76. The van der Waals surface area contributed by atoms with Gasteiger partial charge in [-0.2, -0.15) is 13.2 Å². The maximum atomic E-state index is 10.6. The van der Waals surface area contributed by atoms with E-state index in [0.717, 1.165) is 12.1 Å². The minimum Gasteiger partial charge on any atom is -0.475 e. The Labute approximate surface area is 108 Å². The molecule has 0 aliphatic rings. The van der Waals surface area contributed by atoms with Crippen molar-refractivity contribution in [3.05, 3.63) is 34.4 Å². The molecule has 20 heavy (non-hydrogen) atoms. The van der Waals surface area contributed by atoms with Crippen LogP contribution in [0, 0.1) is 10.1 Å². The molecule has 0 aliphatic carbocycles. The summed E-state index contributed by atoms with van der Waals surface area (Å²) in [7, 11) is 0. The first kappa shape index (κ1) is 17.2. The van der Waals surface area contributed by atoms with Gasteiger partial charge in [0.2, 0.25) is 0 Å². The van der Waals surface area contributed by atoms with Gasteiger partial charge < -0.3 is 14.9 Å². The lowest BCUT2D eigenvalue weighted by Crippen LogP contribution is -2.21. The lowest BCUT2D eigenvalue weighted by Gasteiger charge is -1.97. The van der Waals surface area contributed by atoms with Gasteiger partial charge in [0.1, 0.15) is 5.75 Å². The molecular formula is C9H6F3NO7. The molecule has 0 heterocycles. The van der Waals surface area contributed by atoms with Crippen molar-refractivity contribution in [2.24, 2.45) is 0 Å². The second-order valence-electron chi connectivity index (χ2n) is 2.92. The molecule has 1 rings (SSSR count). The third-order valence-corrected chi connectivity index (χ3v) is 1.50. The molecule has 0 atom stereocenters. The second-order valence-corrected chi connectivity index (χ2v) is 2.92. The van der Waals surface area contributed by atoms with Gasteiger partial charge >= 0.3 is 18.3 Å². The van der Waals surface area contributed by atoms with Crippen molar-refractivity contribution in [2.45, 2.75) is 6.18 Å². The Morgan fingerprint density at radius 1 is 1.15 bits per heavy atom. The molecule has 1 aromatic rings. The van der Waals surface area contributed by atoms with Crippen molar-refractivity contribution in [1.82, 2.24) is 0 Å². The van der Waals surface area contributed by atoms with Crippen LogP contribution in [0.2, 0.25) is 0 Å². The zero-order chi connectivity index (χ0) is 15.9. The highest BCUT2D eigenvalue weighted by Crippen LogP contribution is 2.17. The fourth-order valence-corrected chi connectivity index (χ4v) is 0.737. The molecule has 11 heteroatoms. The molecule has 0 aliphatic heterocycles. The van der Waals surface area contributed by atoms with Crippen molar-refractivity contribution < 1.29 is 42.6 Å². The number of nitro groups is 1. The van der Waals surface area contributed by atoms with E-state index in [0.29, 0.717) is 0 Å². The van der Waals surface area contributed by atoms with Gasteiger partial charge in [-0.3, -0.25) is 10.1 Å². The fraction of sp³-hybridized carbons (Fsp3) is 0.111. The quantitative estimate of drug-likeness (QED) is 0.371. The zero-order valence-electron chi connectivity index (χ0n) is 9.33. The number of ether oxygens (including phenoxy) is 1. The summed E-state index contributed by atoms with van der Waals surface area (Å²) in [5.74, 6) is -2.70. The minimum atomic E-state index is -5.08. The largest absolute Gasteiger partial charge is 0.511 e. The lowest BCUT2D eigenvalue weighted by molar-refractivity contribution is -0.384. The van der Waals surface area contributed by atoms with Gasteiger partial charge in [-0.05, 0) is 12.1 Å². The van der Waals surface area contributed by atoms with Gasteiger partial charge in [0.05, 0.1) is 4.92 Å². The number of hydrogen-bond acceptors (Lipinski definition) is 5. The number of halogens is 3. The van der Waals surface area contributed by atoms with Crippen LogP contribution in [0.15, 0.2) is 24.3 Å². The van der Waals surface area contributed by atoms with E-state index >= 15 is 0 Å². The Kier molecular flexibility index (Phi) is 5.93. The van der Waals surface area contributed by atoms with Crippen molar-refractivity contribution in [3.63, 3.8) is 0 Å².